The second-order valence-corrected chi connectivity index (χ2v) is 5.28. The summed E-state index contributed by atoms with van der Waals surface area (Å²) in [6.07, 6.45) is 0. The molecular formula is C18H14ClNO. The van der Waals surface area contributed by atoms with Crippen molar-refractivity contribution in [3.05, 3.63) is 72.3 Å². The Morgan fingerprint density at radius 3 is 2.43 bits per heavy atom. The van der Waals surface area contributed by atoms with Gasteiger partial charge in [-0.15, -0.1) is 0 Å². The highest BCUT2D eigenvalue weighted by atomic mass is 35.5. The highest BCUT2D eigenvalue weighted by molar-refractivity contribution is 6.65. The number of furan rings is 1. The maximum atomic E-state index is 5.92. The minimum Gasteiger partial charge on any atom is -0.438 e. The Hall–Kier alpha value is -2.32. The average molecular weight is 296 g/mol. The van der Waals surface area contributed by atoms with Crippen LogP contribution >= 0.6 is 11.6 Å². The van der Waals surface area contributed by atoms with E-state index in [-0.39, 0.29) is 0 Å². The van der Waals surface area contributed by atoms with Crippen molar-refractivity contribution in [1.29, 1.82) is 0 Å². The minimum atomic E-state index is 0.427. The largest absolute Gasteiger partial charge is 0.438 e. The Labute approximate surface area is 128 Å². The number of rotatable bonds is 3. The van der Waals surface area contributed by atoms with Crippen LogP contribution in [0.2, 0.25) is 0 Å². The lowest BCUT2D eigenvalue weighted by Crippen LogP contribution is -1.85. The van der Waals surface area contributed by atoms with E-state index in [9.17, 15) is 0 Å². The van der Waals surface area contributed by atoms with Crippen molar-refractivity contribution in [2.24, 2.45) is 4.99 Å². The van der Waals surface area contributed by atoms with E-state index in [0.717, 1.165) is 27.7 Å². The molecule has 3 heteroatoms. The fraction of sp³-hybridized carbons (Fsp3) is 0.0556. The van der Waals surface area contributed by atoms with Crippen molar-refractivity contribution in [1.82, 2.24) is 0 Å². The van der Waals surface area contributed by atoms with E-state index in [1.54, 1.807) is 6.92 Å². The molecule has 104 valence electrons. The maximum Gasteiger partial charge on any atom is 0.228 e. The SMILES string of the molecule is C=C(c1ccccc1)c1c(/N=C(\C)Cl)oc2ccccc12. The van der Waals surface area contributed by atoms with E-state index < -0.39 is 0 Å². The first-order valence-corrected chi connectivity index (χ1v) is 7.01. The standard InChI is InChI=1S/C18H14ClNO/c1-12(14-8-4-3-5-9-14)17-15-10-6-7-11-16(15)21-18(17)20-13(2)19/h3-11H,1H2,2H3/b20-13+. The van der Waals surface area contributed by atoms with Crippen LogP contribution in [-0.2, 0) is 0 Å². The molecule has 0 unspecified atom stereocenters. The van der Waals surface area contributed by atoms with Crippen LogP contribution in [0.3, 0.4) is 0 Å². The van der Waals surface area contributed by atoms with Gasteiger partial charge in [0.15, 0.2) is 0 Å². The van der Waals surface area contributed by atoms with Crippen molar-refractivity contribution in [3.63, 3.8) is 0 Å². The van der Waals surface area contributed by atoms with Crippen LogP contribution in [0.1, 0.15) is 18.1 Å². The van der Waals surface area contributed by atoms with Gasteiger partial charge in [-0.05, 0) is 24.1 Å². The van der Waals surface area contributed by atoms with E-state index in [2.05, 4.69) is 11.6 Å². The lowest BCUT2D eigenvalue weighted by molar-refractivity contribution is 0.625. The van der Waals surface area contributed by atoms with Gasteiger partial charge < -0.3 is 4.42 Å². The van der Waals surface area contributed by atoms with Crippen LogP contribution in [0.25, 0.3) is 16.5 Å². The normalized spacial score (nSPS) is 11.8. The monoisotopic (exact) mass is 295 g/mol. The number of halogens is 1. The van der Waals surface area contributed by atoms with Gasteiger partial charge in [-0.3, -0.25) is 0 Å². The molecule has 0 saturated carbocycles. The van der Waals surface area contributed by atoms with Gasteiger partial charge in [0.05, 0.1) is 5.56 Å². The fourth-order valence-electron chi connectivity index (χ4n) is 2.33. The zero-order valence-electron chi connectivity index (χ0n) is 11.6. The van der Waals surface area contributed by atoms with Gasteiger partial charge in [0, 0.05) is 5.39 Å². The zero-order chi connectivity index (χ0) is 14.8. The summed E-state index contributed by atoms with van der Waals surface area (Å²) in [6.45, 7) is 5.94. The van der Waals surface area contributed by atoms with Crippen LogP contribution in [0.5, 0.6) is 0 Å². The van der Waals surface area contributed by atoms with Gasteiger partial charge in [0.25, 0.3) is 0 Å². The Balaban J connectivity index is 2.25. The molecule has 0 N–H and O–H groups in total. The lowest BCUT2D eigenvalue weighted by atomic mass is 9.98. The second kappa shape index (κ2) is 5.58. The summed E-state index contributed by atoms with van der Waals surface area (Å²) in [4.78, 5) is 4.30. The molecule has 0 amide bonds. The van der Waals surface area contributed by atoms with E-state index in [1.165, 1.54) is 0 Å². The zero-order valence-corrected chi connectivity index (χ0v) is 12.4. The smallest absolute Gasteiger partial charge is 0.228 e. The number of hydrogen-bond acceptors (Lipinski definition) is 2. The van der Waals surface area contributed by atoms with E-state index in [4.69, 9.17) is 16.0 Å². The topological polar surface area (TPSA) is 25.5 Å². The minimum absolute atomic E-state index is 0.427. The molecule has 2 aromatic carbocycles. The molecule has 0 atom stereocenters. The van der Waals surface area contributed by atoms with Gasteiger partial charge >= 0.3 is 0 Å². The molecule has 1 heterocycles. The third kappa shape index (κ3) is 2.63. The van der Waals surface area contributed by atoms with Crippen LogP contribution < -0.4 is 0 Å². The van der Waals surface area contributed by atoms with Crippen molar-refractivity contribution in [2.45, 2.75) is 6.92 Å². The number of benzene rings is 2. The highest BCUT2D eigenvalue weighted by Crippen LogP contribution is 2.39. The van der Waals surface area contributed by atoms with Crippen LogP contribution in [0.4, 0.5) is 5.88 Å². The van der Waals surface area contributed by atoms with Gasteiger partial charge in [-0.25, -0.2) is 4.99 Å². The van der Waals surface area contributed by atoms with Crippen molar-refractivity contribution in [3.8, 4) is 0 Å². The molecule has 0 saturated heterocycles. The fourth-order valence-corrected chi connectivity index (χ4v) is 2.40. The van der Waals surface area contributed by atoms with Gasteiger partial charge in [-0.2, -0.15) is 0 Å². The van der Waals surface area contributed by atoms with Crippen LogP contribution in [0, 0.1) is 0 Å². The van der Waals surface area contributed by atoms with E-state index in [1.807, 2.05) is 54.6 Å². The summed E-state index contributed by atoms with van der Waals surface area (Å²) in [5.41, 5.74) is 3.57. The molecule has 3 aromatic rings. The molecule has 2 nitrogen and oxygen atoms in total. The molecule has 0 aliphatic carbocycles. The number of para-hydroxylation sites is 1. The predicted molar refractivity (Wildman–Crippen MR) is 89.4 cm³/mol. The molecular weight excluding hydrogens is 282 g/mol. The summed E-state index contributed by atoms with van der Waals surface area (Å²) in [7, 11) is 0. The number of nitrogens with zero attached hydrogens (tertiary/aromatic N) is 1. The van der Waals surface area contributed by atoms with Crippen molar-refractivity contribution in [2.75, 3.05) is 0 Å². The first-order chi connectivity index (χ1) is 10.2. The lowest BCUT2D eigenvalue weighted by Gasteiger charge is -2.05. The average Bonchev–Trinajstić information content (AvgIpc) is 2.84. The molecule has 1 aromatic heterocycles. The van der Waals surface area contributed by atoms with Gasteiger partial charge in [0.1, 0.15) is 10.8 Å². The number of hydrogen-bond donors (Lipinski definition) is 0. The third-order valence-corrected chi connectivity index (χ3v) is 3.34. The van der Waals surface area contributed by atoms with Crippen LogP contribution in [-0.4, -0.2) is 5.17 Å². The summed E-state index contributed by atoms with van der Waals surface area (Å²) in [6, 6.07) is 17.8. The molecule has 0 fully saturated rings. The van der Waals surface area contributed by atoms with Crippen molar-refractivity contribution >= 4 is 39.2 Å². The maximum absolute atomic E-state index is 5.92. The first kappa shape index (κ1) is 13.7. The molecule has 21 heavy (non-hydrogen) atoms. The molecule has 0 aliphatic rings. The summed E-state index contributed by atoms with van der Waals surface area (Å²) in [5, 5.41) is 1.42. The van der Waals surface area contributed by atoms with Crippen LogP contribution in [0.15, 0.2) is 70.6 Å². The number of aliphatic imine (C=N–C) groups is 1. The second-order valence-electron chi connectivity index (χ2n) is 4.73. The summed E-state index contributed by atoms with van der Waals surface area (Å²) in [5.74, 6) is 0.498. The first-order valence-electron chi connectivity index (χ1n) is 6.64. The number of fused-ring (bicyclic) bond motifs is 1. The molecule has 0 aliphatic heterocycles. The predicted octanol–water partition coefficient (Wildman–Crippen LogP) is 5.78. The van der Waals surface area contributed by atoms with Crippen molar-refractivity contribution < 1.29 is 4.42 Å². The highest BCUT2D eigenvalue weighted by Gasteiger charge is 2.17. The van der Waals surface area contributed by atoms with E-state index >= 15 is 0 Å². The quantitative estimate of drug-likeness (QED) is 0.562. The molecule has 0 radical (unpaired) electrons. The summed E-state index contributed by atoms with van der Waals surface area (Å²) < 4.78 is 5.82. The van der Waals surface area contributed by atoms with E-state index in [0.29, 0.717) is 11.1 Å². The molecule has 0 bridgehead atoms. The Bertz CT molecular complexity index is 827. The Morgan fingerprint density at radius 2 is 1.71 bits per heavy atom. The molecule has 3 rings (SSSR count). The van der Waals surface area contributed by atoms with Gasteiger partial charge in [-0.1, -0.05) is 66.7 Å². The Kier molecular flexibility index (Phi) is 3.63. The third-order valence-electron chi connectivity index (χ3n) is 3.26. The van der Waals surface area contributed by atoms with Gasteiger partial charge in [0.2, 0.25) is 5.88 Å². The Morgan fingerprint density at radius 1 is 1.05 bits per heavy atom. The molecule has 0 spiro atoms. The summed E-state index contributed by atoms with van der Waals surface area (Å²) >= 11 is 5.92.